The van der Waals surface area contributed by atoms with Gasteiger partial charge < -0.3 is 15.1 Å². The number of nitrogens with one attached hydrogen (secondary N) is 2. The Bertz CT molecular complexity index is 1090. The molecule has 0 atom stereocenters. The molecule has 0 saturated heterocycles. The van der Waals surface area contributed by atoms with Crippen molar-refractivity contribution < 1.29 is 22.4 Å². The zero-order valence-corrected chi connectivity index (χ0v) is 17.7. The number of aromatic nitrogens is 2. The molecule has 0 spiro atoms. The second kappa shape index (κ2) is 9.28. The van der Waals surface area contributed by atoms with Gasteiger partial charge in [0.05, 0.1) is 12.6 Å². The number of benzene rings is 1. The van der Waals surface area contributed by atoms with Gasteiger partial charge in [-0.3, -0.25) is 4.79 Å². The molecule has 1 aromatic carbocycles. The number of carbonyl (C=O) groups is 1. The maximum Gasteiger partial charge on any atom is 0.390 e. The van der Waals surface area contributed by atoms with Gasteiger partial charge in [-0.15, -0.1) is 0 Å². The van der Waals surface area contributed by atoms with Crippen molar-refractivity contribution in [3.8, 4) is 11.3 Å². The number of hydrogen-bond acceptors (Lipinski definition) is 5. The Morgan fingerprint density at radius 3 is 2.56 bits per heavy atom. The largest absolute Gasteiger partial charge is 0.441 e. The number of pyridine rings is 1. The number of nitrogens with zero attached hydrogens (tertiary/aromatic N) is 2. The monoisotopic (exact) mass is 446 g/mol. The molecule has 0 unspecified atom stereocenters. The number of oxazole rings is 1. The van der Waals surface area contributed by atoms with Gasteiger partial charge in [0.15, 0.2) is 11.7 Å². The summed E-state index contributed by atoms with van der Waals surface area (Å²) in [5.41, 5.74) is 0.887. The third-order valence-corrected chi connectivity index (χ3v) is 5.82. The molecule has 2 heterocycles. The van der Waals surface area contributed by atoms with Gasteiger partial charge in [-0.25, -0.2) is 9.97 Å². The van der Waals surface area contributed by atoms with E-state index in [-0.39, 0.29) is 24.4 Å². The second-order valence-electron chi connectivity index (χ2n) is 8.23. The smallest absolute Gasteiger partial charge is 0.390 e. The van der Waals surface area contributed by atoms with E-state index in [1.165, 1.54) is 0 Å². The SMILES string of the molecule is Cc1ncc(-c2ccc3cnc(NC(=O)[C@H]4CC[C@H](NCCC(F)(F)F)CC4)cc3c2)o1. The Labute approximate surface area is 183 Å². The highest BCUT2D eigenvalue weighted by Gasteiger charge is 2.29. The summed E-state index contributed by atoms with van der Waals surface area (Å²) in [5, 5.41) is 7.70. The molecule has 1 aliphatic carbocycles. The molecule has 3 aromatic rings. The first-order valence-electron chi connectivity index (χ1n) is 10.7. The van der Waals surface area contributed by atoms with E-state index in [0.717, 1.165) is 16.3 Å². The van der Waals surface area contributed by atoms with Crippen LogP contribution in [0.4, 0.5) is 19.0 Å². The summed E-state index contributed by atoms with van der Waals surface area (Å²) < 4.78 is 42.4. The van der Waals surface area contributed by atoms with Gasteiger partial charge in [0.2, 0.25) is 5.91 Å². The highest BCUT2D eigenvalue weighted by atomic mass is 19.4. The number of aryl methyl sites for hydroxylation is 1. The van der Waals surface area contributed by atoms with Crippen LogP contribution < -0.4 is 10.6 Å². The summed E-state index contributed by atoms with van der Waals surface area (Å²) in [6.07, 6.45) is 1.04. The molecule has 1 aliphatic rings. The van der Waals surface area contributed by atoms with Crippen LogP contribution in [0.5, 0.6) is 0 Å². The van der Waals surface area contributed by atoms with Crippen LogP contribution in [0, 0.1) is 12.8 Å². The number of fused-ring (bicyclic) bond motifs is 1. The summed E-state index contributed by atoms with van der Waals surface area (Å²) in [6.45, 7) is 1.70. The predicted molar refractivity (Wildman–Crippen MR) is 115 cm³/mol. The van der Waals surface area contributed by atoms with E-state index < -0.39 is 12.6 Å². The lowest BCUT2D eigenvalue weighted by atomic mass is 9.85. The van der Waals surface area contributed by atoms with Gasteiger partial charge in [-0.05, 0) is 43.2 Å². The Morgan fingerprint density at radius 1 is 1.09 bits per heavy atom. The summed E-state index contributed by atoms with van der Waals surface area (Å²) in [6, 6.07) is 7.69. The van der Waals surface area contributed by atoms with Crippen LogP contribution in [0.3, 0.4) is 0 Å². The number of alkyl halides is 3. The summed E-state index contributed by atoms with van der Waals surface area (Å²) in [4.78, 5) is 21.2. The maximum absolute atomic E-state index is 12.7. The fraction of sp³-hybridized carbons (Fsp3) is 0.435. The first kappa shape index (κ1) is 22.3. The molecule has 0 radical (unpaired) electrons. The number of rotatable bonds is 6. The first-order valence-corrected chi connectivity index (χ1v) is 10.7. The molecule has 2 aromatic heterocycles. The van der Waals surface area contributed by atoms with E-state index in [1.807, 2.05) is 24.3 Å². The zero-order valence-electron chi connectivity index (χ0n) is 17.7. The summed E-state index contributed by atoms with van der Waals surface area (Å²) in [5.74, 6) is 1.46. The van der Waals surface area contributed by atoms with E-state index >= 15 is 0 Å². The number of hydrogen-bond donors (Lipinski definition) is 2. The lowest BCUT2D eigenvalue weighted by Gasteiger charge is -2.28. The standard InChI is InChI=1S/C23H25F3N4O2/c1-14-28-13-20(32-14)16-2-3-17-12-29-21(11-18(17)10-16)30-22(31)15-4-6-19(7-5-15)27-9-8-23(24,25)26/h2-3,10-13,15,19,27H,4-9H2,1H3,(H,29,30,31)/t15-,19-. The van der Waals surface area contributed by atoms with Crippen molar-refractivity contribution in [3.05, 3.63) is 42.5 Å². The molecule has 170 valence electrons. The lowest BCUT2D eigenvalue weighted by Crippen LogP contribution is -2.37. The minimum absolute atomic E-state index is 0.0262. The van der Waals surface area contributed by atoms with Crippen LogP contribution in [0.25, 0.3) is 22.1 Å². The van der Waals surface area contributed by atoms with Crippen LogP contribution in [0.1, 0.15) is 38.0 Å². The summed E-state index contributed by atoms with van der Waals surface area (Å²) in [7, 11) is 0. The highest BCUT2D eigenvalue weighted by Crippen LogP contribution is 2.28. The fourth-order valence-corrected chi connectivity index (χ4v) is 4.06. The number of anilines is 1. The molecular formula is C23H25F3N4O2. The fourth-order valence-electron chi connectivity index (χ4n) is 4.06. The molecule has 32 heavy (non-hydrogen) atoms. The highest BCUT2D eigenvalue weighted by molar-refractivity contribution is 5.94. The van der Waals surface area contributed by atoms with E-state index in [4.69, 9.17) is 4.42 Å². The van der Waals surface area contributed by atoms with E-state index in [9.17, 15) is 18.0 Å². The molecule has 0 aliphatic heterocycles. The Morgan fingerprint density at radius 2 is 1.88 bits per heavy atom. The van der Waals surface area contributed by atoms with Crippen LogP contribution >= 0.6 is 0 Å². The van der Waals surface area contributed by atoms with Crippen LogP contribution in [-0.4, -0.2) is 34.6 Å². The van der Waals surface area contributed by atoms with E-state index in [2.05, 4.69) is 20.6 Å². The minimum Gasteiger partial charge on any atom is -0.441 e. The van der Waals surface area contributed by atoms with Crippen molar-refractivity contribution in [2.75, 3.05) is 11.9 Å². The second-order valence-corrected chi connectivity index (χ2v) is 8.23. The Hall–Kier alpha value is -2.94. The van der Waals surface area contributed by atoms with Crippen molar-refractivity contribution in [3.63, 3.8) is 0 Å². The molecule has 0 bridgehead atoms. The molecule has 2 N–H and O–H groups in total. The van der Waals surface area contributed by atoms with Gasteiger partial charge >= 0.3 is 6.18 Å². The third-order valence-electron chi connectivity index (χ3n) is 5.82. The molecule has 6 nitrogen and oxygen atoms in total. The lowest BCUT2D eigenvalue weighted by molar-refractivity contribution is -0.133. The van der Waals surface area contributed by atoms with Crippen molar-refractivity contribution in [2.24, 2.45) is 5.92 Å². The van der Waals surface area contributed by atoms with Gasteiger partial charge in [-0.2, -0.15) is 13.2 Å². The average Bonchev–Trinajstić information content (AvgIpc) is 3.19. The molecule has 1 fully saturated rings. The molecule has 9 heteroatoms. The van der Waals surface area contributed by atoms with Crippen molar-refractivity contribution >= 4 is 22.5 Å². The van der Waals surface area contributed by atoms with Crippen molar-refractivity contribution in [1.29, 1.82) is 0 Å². The normalized spacial score (nSPS) is 19.2. The average molecular weight is 446 g/mol. The molecule has 1 saturated carbocycles. The van der Waals surface area contributed by atoms with Crippen LogP contribution in [0.2, 0.25) is 0 Å². The number of carbonyl (C=O) groups excluding carboxylic acids is 1. The van der Waals surface area contributed by atoms with Gasteiger partial charge in [0.1, 0.15) is 5.82 Å². The number of amides is 1. The zero-order chi connectivity index (χ0) is 22.7. The third kappa shape index (κ3) is 5.64. The number of halogens is 3. The van der Waals surface area contributed by atoms with Gasteiger partial charge in [0, 0.05) is 42.6 Å². The molecule has 1 amide bonds. The quantitative estimate of drug-likeness (QED) is 0.542. The van der Waals surface area contributed by atoms with E-state index in [0.29, 0.717) is 43.2 Å². The molecular weight excluding hydrogens is 421 g/mol. The summed E-state index contributed by atoms with van der Waals surface area (Å²) >= 11 is 0. The maximum atomic E-state index is 12.7. The predicted octanol–water partition coefficient (Wildman–Crippen LogP) is 5.24. The van der Waals surface area contributed by atoms with Crippen LogP contribution in [0.15, 0.2) is 41.1 Å². The Kier molecular flexibility index (Phi) is 6.45. The van der Waals surface area contributed by atoms with Gasteiger partial charge in [-0.1, -0.05) is 12.1 Å². The first-order chi connectivity index (χ1) is 15.3. The van der Waals surface area contributed by atoms with Crippen molar-refractivity contribution in [2.45, 2.75) is 51.2 Å². The van der Waals surface area contributed by atoms with E-state index in [1.54, 1.807) is 19.3 Å². The van der Waals surface area contributed by atoms with Crippen molar-refractivity contribution in [1.82, 2.24) is 15.3 Å². The topological polar surface area (TPSA) is 80.0 Å². The Balaban J connectivity index is 1.34. The minimum atomic E-state index is -4.15. The van der Waals surface area contributed by atoms with Crippen LogP contribution in [-0.2, 0) is 4.79 Å². The molecule has 4 rings (SSSR count). The van der Waals surface area contributed by atoms with Gasteiger partial charge in [0.25, 0.3) is 0 Å².